The van der Waals surface area contributed by atoms with E-state index in [1.165, 1.54) is 51.9 Å². The second-order valence-corrected chi connectivity index (χ2v) is 13.5. The third kappa shape index (κ3) is 4.25. The zero-order valence-electron chi connectivity index (χ0n) is 18.7. The minimum atomic E-state index is 0.219. The first-order valence-corrected chi connectivity index (χ1v) is 13.9. The van der Waals surface area contributed by atoms with E-state index < -0.39 is 0 Å². The average Bonchev–Trinajstić information content (AvgIpc) is 3.50. The predicted octanol–water partition coefficient (Wildman–Crippen LogP) is 10.3. The van der Waals surface area contributed by atoms with E-state index in [9.17, 15) is 0 Å². The Morgan fingerprint density at radius 3 is 1.20 bits per heavy atom. The summed E-state index contributed by atoms with van der Waals surface area (Å²) >= 11 is 7.73. The van der Waals surface area contributed by atoms with E-state index in [4.69, 9.17) is 0 Å². The Kier molecular flexibility index (Phi) is 6.15. The second-order valence-electron chi connectivity index (χ2n) is 9.17. The summed E-state index contributed by atoms with van der Waals surface area (Å²) in [4.78, 5) is 11.3. The third-order valence-corrected chi connectivity index (χ3v) is 11.7. The van der Waals surface area contributed by atoms with Crippen LogP contribution < -0.4 is 0 Å². The number of hydrogen-bond acceptors (Lipinski definition) is 4. The first kappa shape index (κ1) is 22.0. The van der Waals surface area contributed by atoms with Gasteiger partial charge in [0.25, 0.3) is 0 Å². The van der Waals surface area contributed by atoms with Gasteiger partial charge < -0.3 is 0 Å². The van der Waals surface area contributed by atoms with E-state index in [2.05, 4.69) is 90.1 Å². The van der Waals surface area contributed by atoms with Gasteiger partial charge >= 0.3 is 0 Å². The molecule has 4 heteroatoms. The standard InChI is InChI=1S/C26H30S4/c1-7-26(6,8-2)24-16-14-22(30-24)20-12-10-18(28-20)17-9-11-19(27-17)21-13-15-23(29-21)25(3,4)5/h9-16H,7-8H2,1-6H3. The molecule has 158 valence electrons. The molecule has 4 aromatic heterocycles. The van der Waals surface area contributed by atoms with Gasteiger partial charge in [0, 0.05) is 44.4 Å². The number of rotatable bonds is 6. The minimum Gasteiger partial charge on any atom is -0.139 e. The highest BCUT2D eigenvalue weighted by molar-refractivity contribution is 7.28. The van der Waals surface area contributed by atoms with Crippen LogP contribution in [0.1, 0.15) is 64.1 Å². The summed E-state index contributed by atoms with van der Waals surface area (Å²) in [5.41, 5.74) is 0.523. The summed E-state index contributed by atoms with van der Waals surface area (Å²) in [6, 6.07) is 18.4. The largest absolute Gasteiger partial charge is 0.139 e. The van der Waals surface area contributed by atoms with E-state index in [1.807, 2.05) is 45.3 Å². The molecule has 0 N–H and O–H groups in total. The normalized spacial score (nSPS) is 12.6. The molecule has 4 rings (SSSR count). The molecule has 0 spiro atoms. The Balaban J connectivity index is 1.57. The molecule has 0 nitrogen and oxygen atoms in total. The monoisotopic (exact) mass is 470 g/mol. The molecule has 0 radical (unpaired) electrons. The van der Waals surface area contributed by atoms with Crippen molar-refractivity contribution in [1.29, 1.82) is 0 Å². The molecular weight excluding hydrogens is 441 g/mol. The van der Waals surface area contributed by atoms with Crippen LogP contribution in [0.15, 0.2) is 48.5 Å². The summed E-state index contributed by atoms with van der Waals surface area (Å²) in [6.45, 7) is 13.9. The lowest BCUT2D eigenvalue weighted by molar-refractivity contribution is 0.448. The average molecular weight is 471 g/mol. The van der Waals surface area contributed by atoms with Crippen molar-refractivity contribution in [2.45, 2.75) is 65.2 Å². The Hall–Kier alpha value is -1.20. The molecule has 0 aromatic carbocycles. The van der Waals surface area contributed by atoms with Crippen LogP contribution in [0.25, 0.3) is 29.3 Å². The summed E-state index contributed by atoms with van der Waals surface area (Å²) in [5, 5.41) is 0. The lowest BCUT2D eigenvalue weighted by atomic mass is 9.83. The Morgan fingerprint density at radius 1 is 0.500 bits per heavy atom. The van der Waals surface area contributed by atoms with Crippen LogP contribution in [0, 0.1) is 0 Å². The molecule has 4 heterocycles. The van der Waals surface area contributed by atoms with Gasteiger partial charge in [0.15, 0.2) is 0 Å². The van der Waals surface area contributed by atoms with Gasteiger partial charge in [-0.2, -0.15) is 0 Å². The van der Waals surface area contributed by atoms with E-state index in [0.29, 0.717) is 5.41 Å². The van der Waals surface area contributed by atoms with Gasteiger partial charge in [-0.1, -0.05) is 41.5 Å². The number of hydrogen-bond donors (Lipinski definition) is 0. The molecule has 30 heavy (non-hydrogen) atoms. The predicted molar refractivity (Wildman–Crippen MR) is 141 cm³/mol. The molecule has 0 unspecified atom stereocenters. The van der Waals surface area contributed by atoms with Gasteiger partial charge in [0.05, 0.1) is 0 Å². The molecule has 0 aliphatic heterocycles. The van der Waals surface area contributed by atoms with Crippen molar-refractivity contribution < 1.29 is 0 Å². The van der Waals surface area contributed by atoms with Crippen molar-refractivity contribution >= 4 is 45.3 Å². The lowest BCUT2D eigenvalue weighted by Crippen LogP contribution is -2.17. The molecule has 0 atom stereocenters. The van der Waals surface area contributed by atoms with Crippen molar-refractivity contribution in [2.24, 2.45) is 0 Å². The molecule has 4 aromatic rings. The molecule has 0 fully saturated rings. The molecule has 0 saturated heterocycles. The molecule has 0 amide bonds. The van der Waals surface area contributed by atoms with Crippen molar-refractivity contribution in [3.8, 4) is 29.3 Å². The van der Waals surface area contributed by atoms with Crippen molar-refractivity contribution in [3.05, 3.63) is 58.3 Å². The molecule has 0 saturated carbocycles. The minimum absolute atomic E-state index is 0.219. The summed E-state index contributed by atoms with van der Waals surface area (Å²) in [6.07, 6.45) is 2.38. The van der Waals surface area contributed by atoms with Crippen molar-refractivity contribution in [3.63, 3.8) is 0 Å². The summed E-state index contributed by atoms with van der Waals surface area (Å²) < 4.78 is 0. The van der Waals surface area contributed by atoms with Gasteiger partial charge in [-0.25, -0.2) is 0 Å². The summed E-state index contributed by atoms with van der Waals surface area (Å²) in [5.74, 6) is 0. The van der Waals surface area contributed by atoms with Gasteiger partial charge in [-0.3, -0.25) is 0 Å². The van der Waals surface area contributed by atoms with Crippen LogP contribution in [0.5, 0.6) is 0 Å². The fourth-order valence-corrected chi connectivity index (χ4v) is 8.11. The topological polar surface area (TPSA) is 0 Å². The first-order valence-electron chi connectivity index (χ1n) is 10.6. The third-order valence-electron chi connectivity index (χ3n) is 6.05. The number of thiophene rings is 4. The van der Waals surface area contributed by atoms with Gasteiger partial charge in [0.1, 0.15) is 0 Å². The molecule has 0 bridgehead atoms. The van der Waals surface area contributed by atoms with E-state index >= 15 is 0 Å². The highest BCUT2D eigenvalue weighted by Gasteiger charge is 2.24. The first-order chi connectivity index (χ1) is 14.2. The van der Waals surface area contributed by atoms with Crippen molar-refractivity contribution in [2.75, 3.05) is 0 Å². The Morgan fingerprint density at radius 2 is 0.833 bits per heavy atom. The molecule has 0 aliphatic carbocycles. The van der Waals surface area contributed by atoms with E-state index in [-0.39, 0.29) is 5.41 Å². The fourth-order valence-electron chi connectivity index (χ4n) is 3.47. The zero-order valence-corrected chi connectivity index (χ0v) is 21.9. The van der Waals surface area contributed by atoms with E-state index in [1.54, 1.807) is 0 Å². The van der Waals surface area contributed by atoms with Crippen LogP contribution in [-0.2, 0) is 10.8 Å². The van der Waals surface area contributed by atoms with Gasteiger partial charge in [0.2, 0.25) is 0 Å². The fraction of sp³-hybridized carbons (Fsp3) is 0.385. The van der Waals surface area contributed by atoms with Crippen LogP contribution in [0.3, 0.4) is 0 Å². The summed E-state index contributed by atoms with van der Waals surface area (Å²) in [7, 11) is 0. The lowest BCUT2D eigenvalue weighted by Gasteiger charge is -2.24. The zero-order chi connectivity index (χ0) is 21.5. The van der Waals surface area contributed by atoms with Crippen LogP contribution in [-0.4, -0.2) is 0 Å². The van der Waals surface area contributed by atoms with Crippen molar-refractivity contribution in [1.82, 2.24) is 0 Å². The highest BCUT2D eigenvalue weighted by atomic mass is 32.1. The second kappa shape index (κ2) is 8.38. The SMILES string of the molecule is CCC(C)(CC)c1ccc(-c2ccc(-c3ccc(-c4ccc(C(C)(C)C)s4)s3)s2)s1. The van der Waals surface area contributed by atoms with Crippen LogP contribution in [0.2, 0.25) is 0 Å². The van der Waals surface area contributed by atoms with Crippen LogP contribution >= 0.6 is 45.3 Å². The highest BCUT2D eigenvalue weighted by Crippen LogP contribution is 2.45. The van der Waals surface area contributed by atoms with E-state index in [0.717, 1.165) is 0 Å². The quantitative estimate of drug-likeness (QED) is 0.263. The maximum absolute atomic E-state index is 2.39. The Bertz CT molecular complexity index is 1120. The van der Waals surface area contributed by atoms with Crippen LogP contribution in [0.4, 0.5) is 0 Å². The van der Waals surface area contributed by atoms with Gasteiger partial charge in [-0.15, -0.1) is 45.3 Å². The smallest absolute Gasteiger partial charge is 0.0449 e. The Labute approximate surface area is 197 Å². The molecular formula is C26H30S4. The maximum atomic E-state index is 2.39. The maximum Gasteiger partial charge on any atom is 0.0449 e. The molecule has 0 aliphatic rings. The van der Waals surface area contributed by atoms with Gasteiger partial charge in [-0.05, 0) is 66.8 Å².